The van der Waals surface area contributed by atoms with Crippen molar-refractivity contribution in [3.63, 3.8) is 0 Å². The van der Waals surface area contributed by atoms with E-state index in [9.17, 15) is 4.79 Å². The molecule has 0 amide bonds. The number of ether oxygens (including phenoxy) is 4. The smallest absolute Gasteiger partial charge is 0.306 e. The summed E-state index contributed by atoms with van der Waals surface area (Å²) in [5.74, 6) is 1.23. The highest BCUT2D eigenvalue weighted by atomic mass is 16.7. The van der Waals surface area contributed by atoms with Crippen LogP contribution in [0.4, 0.5) is 0 Å². The first-order chi connectivity index (χ1) is 9.29. The molecule has 1 aromatic rings. The van der Waals surface area contributed by atoms with Gasteiger partial charge in [0.1, 0.15) is 13.2 Å². The van der Waals surface area contributed by atoms with Gasteiger partial charge < -0.3 is 18.9 Å². The molecule has 1 aliphatic rings. The predicted octanol–water partition coefficient (Wildman–Crippen LogP) is 2.05. The van der Waals surface area contributed by atoms with Gasteiger partial charge in [0.15, 0.2) is 11.5 Å². The lowest BCUT2D eigenvalue weighted by molar-refractivity contribution is -0.144. The third-order valence-corrected chi connectivity index (χ3v) is 2.64. The lowest BCUT2D eigenvalue weighted by atomic mass is 10.1. The van der Waals surface area contributed by atoms with Crippen LogP contribution in [-0.4, -0.2) is 26.0 Å². The average Bonchev–Trinajstić information content (AvgIpc) is 2.89. The number of carbonyl (C=O) groups is 1. The van der Waals surface area contributed by atoms with E-state index in [1.807, 2.05) is 18.2 Å². The molecular formula is C14H16O5. The summed E-state index contributed by atoms with van der Waals surface area (Å²) >= 11 is 0. The second-order valence-corrected chi connectivity index (χ2v) is 3.95. The Kier molecular flexibility index (Phi) is 4.66. The maximum absolute atomic E-state index is 11.5. The summed E-state index contributed by atoms with van der Waals surface area (Å²) in [7, 11) is 0. The largest absolute Gasteiger partial charge is 0.498 e. The van der Waals surface area contributed by atoms with Gasteiger partial charge in [0.2, 0.25) is 6.79 Å². The van der Waals surface area contributed by atoms with Crippen LogP contribution in [-0.2, 0) is 20.7 Å². The highest BCUT2D eigenvalue weighted by Gasteiger charge is 2.13. The molecule has 0 bridgehead atoms. The first-order valence-electron chi connectivity index (χ1n) is 6.06. The lowest BCUT2D eigenvalue weighted by Crippen LogP contribution is -2.10. The molecule has 0 atom stereocenters. The molecular weight excluding hydrogens is 248 g/mol. The zero-order valence-electron chi connectivity index (χ0n) is 10.6. The minimum Gasteiger partial charge on any atom is -0.498 e. The Morgan fingerprint density at radius 3 is 3.00 bits per heavy atom. The monoisotopic (exact) mass is 264 g/mol. The van der Waals surface area contributed by atoms with Crippen LogP contribution in [0.1, 0.15) is 12.0 Å². The molecule has 0 aromatic heterocycles. The number of hydrogen-bond acceptors (Lipinski definition) is 5. The number of fused-ring (bicyclic) bond motifs is 1. The molecule has 0 saturated heterocycles. The van der Waals surface area contributed by atoms with Crippen molar-refractivity contribution in [3.05, 3.63) is 36.6 Å². The van der Waals surface area contributed by atoms with E-state index >= 15 is 0 Å². The van der Waals surface area contributed by atoms with E-state index in [-0.39, 0.29) is 19.4 Å². The highest BCUT2D eigenvalue weighted by molar-refractivity contribution is 5.69. The number of aryl methyl sites for hydroxylation is 1. The van der Waals surface area contributed by atoms with Gasteiger partial charge >= 0.3 is 5.97 Å². The van der Waals surface area contributed by atoms with Gasteiger partial charge in [-0.25, -0.2) is 0 Å². The van der Waals surface area contributed by atoms with E-state index < -0.39 is 0 Å². The maximum Gasteiger partial charge on any atom is 0.306 e. The van der Waals surface area contributed by atoms with Crippen molar-refractivity contribution in [3.8, 4) is 11.5 Å². The molecule has 1 heterocycles. The molecule has 2 rings (SSSR count). The molecule has 1 aliphatic heterocycles. The number of esters is 1. The Hall–Kier alpha value is -2.17. The summed E-state index contributed by atoms with van der Waals surface area (Å²) in [4.78, 5) is 11.5. The van der Waals surface area contributed by atoms with Crippen molar-refractivity contribution in [2.45, 2.75) is 12.8 Å². The van der Waals surface area contributed by atoms with Gasteiger partial charge in [0.05, 0.1) is 6.26 Å². The van der Waals surface area contributed by atoms with Crippen LogP contribution >= 0.6 is 0 Å². The molecule has 0 unspecified atom stereocenters. The summed E-state index contributed by atoms with van der Waals surface area (Å²) < 4.78 is 20.3. The van der Waals surface area contributed by atoms with Crippen molar-refractivity contribution in [2.24, 2.45) is 0 Å². The molecule has 0 spiro atoms. The SMILES string of the molecule is C=COCCOC(=O)CCc1ccc2c(c1)OCO2. The maximum atomic E-state index is 11.5. The fourth-order valence-corrected chi connectivity index (χ4v) is 1.70. The Balaban J connectivity index is 1.73. The standard InChI is InChI=1S/C14H16O5/c1-2-16-7-8-17-14(15)6-4-11-3-5-12-13(9-11)19-10-18-12/h2-3,5,9H,1,4,6-8,10H2. The van der Waals surface area contributed by atoms with Crippen molar-refractivity contribution >= 4 is 5.97 Å². The normalized spacial score (nSPS) is 12.0. The fourth-order valence-electron chi connectivity index (χ4n) is 1.70. The summed E-state index contributed by atoms with van der Waals surface area (Å²) in [6.07, 6.45) is 2.26. The van der Waals surface area contributed by atoms with E-state index in [2.05, 4.69) is 6.58 Å². The van der Waals surface area contributed by atoms with Gasteiger partial charge in [0.25, 0.3) is 0 Å². The van der Waals surface area contributed by atoms with Gasteiger partial charge in [-0.05, 0) is 24.1 Å². The molecule has 0 radical (unpaired) electrons. The Morgan fingerprint density at radius 1 is 1.32 bits per heavy atom. The molecule has 0 fully saturated rings. The third kappa shape index (κ3) is 3.91. The van der Waals surface area contributed by atoms with Crippen molar-refractivity contribution < 1.29 is 23.7 Å². The summed E-state index contributed by atoms with van der Waals surface area (Å²) in [6.45, 7) is 4.23. The van der Waals surface area contributed by atoms with Gasteiger partial charge in [0, 0.05) is 6.42 Å². The molecule has 0 N–H and O–H groups in total. The van der Waals surface area contributed by atoms with Crippen LogP contribution in [0.3, 0.4) is 0 Å². The van der Waals surface area contributed by atoms with Crippen LogP contribution in [0.25, 0.3) is 0 Å². The van der Waals surface area contributed by atoms with Crippen molar-refractivity contribution in [1.29, 1.82) is 0 Å². The van der Waals surface area contributed by atoms with Crippen molar-refractivity contribution in [2.75, 3.05) is 20.0 Å². The summed E-state index contributed by atoms with van der Waals surface area (Å²) in [6, 6.07) is 5.65. The summed E-state index contributed by atoms with van der Waals surface area (Å²) in [5, 5.41) is 0. The van der Waals surface area contributed by atoms with E-state index in [1.54, 1.807) is 0 Å². The summed E-state index contributed by atoms with van der Waals surface area (Å²) in [5.41, 5.74) is 1.02. The van der Waals surface area contributed by atoms with Crippen molar-refractivity contribution in [1.82, 2.24) is 0 Å². The third-order valence-electron chi connectivity index (χ3n) is 2.64. The zero-order valence-corrected chi connectivity index (χ0v) is 10.6. The first kappa shape index (κ1) is 13.3. The van der Waals surface area contributed by atoms with Gasteiger partial charge in [-0.3, -0.25) is 4.79 Å². The van der Waals surface area contributed by atoms with Crippen LogP contribution in [0.2, 0.25) is 0 Å². The highest BCUT2D eigenvalue weighted by Crippen LogP contribution is 2.32. The Bertz CT molecular complexity index is 455. The number of hydrogen-bond donors (Lipinski definition) is 0. The molecule has 0 aliphatic carbocycles. The van der Waals surface area contributed by atoms with Gasteiger partial charge in [-0.15, -0.1) is 0 Å². The Morgan fingerprint density at radius 2 is 2.16 bits per heavy atom. The molecule has 1 aromatic carbocycles. The average molecular weight is 264 g/mol. The van der Waals surface area contributed by atoms with Gasteiger partial charge in [-0.1, -0.05) is 12.6 Å². The zero-order chi connectivity index (χ0) is 13.5. The van der Waals surface area contributed by atoms with E-state index in [0.717, 1.165) is 17.1 Å². The van der Waals surface area contributed by atoms with Crippen LogP contribution in [0, 0.1) is 0 Å². The topological polar surface area (TPSA) is 54.0 Å². The lowest BCUT2D eigenvalue weighted by Gasteiger charge is -2.05. The molecule has 5 nitrogen and oxygen atoms in total. The molecule has 19 heavy (non-hydrogen) atoms. The van der Waals surface area contributed by atoms with E-state index in [4.69, 9.17) is 18.9 Å². The minimum atomic E-state index is -0.245. The number of rotatable bonds is 7. The molecule has 5 heteroatoms. The fraction of sp³-hybridized carbons (Fsp3) is 0.357. The van der Waals surface area contributed by atoms with E-state index in [0.29, 0.717) is 19.4 Å². The minimum absolute atomic E-state index is 0.242. The second kappa shape index (κ2) is 6.68. The second-order valence-electron chi connectivity index (χ2n) is 3.95. The number of carbonyl (C=O) groups excluding carboxylic acids is 1. The van der Waals surface area contributed by atoms with E-state index in [1.165, 1.54) is 6.26 Å². The van der Waals surface area contributed by atoms with Crippen LogP contribution in [0.15, 0.2) is 31.0 Å². The number of benzene rings is 1. The predicted molar refractivity (Wildman–Crippen MR) is 68.0 cm³/mol. The molecule has 0 saturated carbocycles. The molecule has 102 valence electrons. The quantitative estimate of drug-likeness (QED) is 0.428. The van der Waals surface area contributed by atoms with Gasteiger partial charge in [-0.2, -0.15) is 0 Å². The Labute approximate surface area is 111 Å². The van der Waals surface area contributed by atoms with Crippen LogP contribution in [0.5, 0.6) is 11.5 Å². The first-order valence-corrected chi connectivity index (χ1v) is 6.06. The van der Waals surface area contributed by atoms with Crippen LogP contribution < -0.4 is 9.47 Å².